The van der Waals surface area contributed by atoms with Gasteiger partial charge in [0.25, 0.3) is 0 Å². The van der Waals surface area contributed by atoms with Crippen LogP contribution in [-0.2, 0) is 19.4 Å². The molecule has 4 aromatic rings. The predicted molar refractivity (Wildman–Crippen MR) is 117 cm³/mol. The summed E-state index contributed by atoms with van der Waals surface area (Å²) in [6.07, 6.45) is 0.986. The molecule has 0 aliphatic rings. The molecule has 8 heteroatoms. The number of rotatable bonds is 9. The number of aromatic carboxylic acids is 1. The van der Waals surface area contributed by atoms with Gasteiger partial charge < -0.3 is 14.3 Å². The van der Waals surface area contributed by atoms with Gasteiger partial charge in [-0.15, -0.1) is 5.10 Å². The highest BCUT2D eigenvalue weighted by atomic mass is 16.5. The van der Waals surface area contributed by atoms with E-state index in [1.54, 1.807) is 0 Å². The molecule has 4 rings (SSSR count). The zero-order valence-electron chi connectivity index (χ0n) is 18.0. The van der Waals surface area contributed by atoms with Crippen LogP contribution in [0.2, 0.25) is 0 Å². The minimum atomic E-state index is -1.09. The fourth-order valence-corrected chi connectivity index (χ4v) is 3.49. The number of carboxylic acid groups (broad SMARTS) is 1. The predicted octanol–water partition coefficient (Wildman–Crippen LogP) is 3.84. The molecule has 0 spiro atoms. The molecular formula is C24H24N4O4. The number of hydrogen-bond donors (Lipinski definition) is 1. The molecule has 164 valence electrons. The Labute approximate surface area is 185 Å². The lowest BCUT2D eigenvalue weighted by Crippen LogP contribution is -2.05. The van der Waals surface area contributed by atoms with Crippen LogP contribution < -0.4 is 4.74 Å². The lowest BCUT2D eigenvalue weighted by Gasteiger charge is -2.07. The second-order valence-electron chi connectivity index (χ2n) is 7.47. The normalized spacial score (nSPS) is 10.9. The first-order valence-electron chi connectivity index (χ1n) is 10.3. The number of benzene rings is 2. The second kappa shape index (κ2) is 9.47. The zero-order chi connectivity index (χ0) is 22.5. The van der Waals surface area contributed by atoms with E-state index < -0.39 is 5.97 Å². The van der Waals surface area contributed by atoms with E-state index in [2.05, 4.69) is 15.2 Å². The maximum absolute atomic E-state index is 11.7. The summed E-state index contributed by atoms with van der Waals surface area (Å²) in [4.78, 5) is 17.5. The number of carbonyl (C=O) groups is 1. The van der Waals surface area contributed by atoms with Gasteiger partial charge in [-0.25, -0.2) is 9.78 Å². The lowest BCUT2D eigenvalue weighted by molar-refractivity contribution is 0.0688. The van der Waals surface area contributed by atoms with Crippen LogP contribution in [0.5, 0.6) is 5.75 Å². The van der Waals surface area contributed by atoms with E-state index >= 15 is 0 Å². The third kappa shape index (κ3) is 5.21. The molecule has 32 heavy (non-hydrogen) atoms. The van der Waals surface area contributed by atoms with Crippen molar-refractivity contribution < 1.29 is 19.1 Å². The highest BCUT2D eigenvalue weighted by Gasteiger charge is 2.18. The summed E-state index contributed by atoms with van der Waals surface area (Å²) in [5.41, 5.74) is 3.16. The Hall–Kier alpha value is -3.94. The Kier molecular flexibility index (Phi) is 6.30. The first kappa shape index (κ1) is 21.3. The van der Waals surface area contributed by atoms with Gasteiger partial charge in [0.15, 0.2) is 11.6 Å². The number of oxazole rings is 1. The first-order chi connectivity index (χ1) is 15.5. The van der Waals surface area contributed by atoms with Gasteiger partial charge in [-0.3, -0.25) is 0 Å². The van der Waals surface area contributed by atoms with E-state index in [9.17, 15) is 9.90 Å². The number of hydrogen-bond acceptors (Lipinski definition) is 6. The van der Waals surface area contributed by atoms with Crippen LogP contribution in [0.15, 0.2) is 59.0 Å². The average molecular weight is 432 g/mol. The van der Waals surface area contributed by atoms with Crippen molar-refractivity contribution in [3.8, 4) is 5.75 Å². The Balaban J connectivity index is 1.44. The zero-order valence-corrected chi connectivity index (χ0v) is 18.0. The Morgan fingerprint density at radius 2 is 1.81 bits per heavy atom. The number of aryl methyl sites for hydroxylation is 2. The van der Waals surface area contributed by atoms with Crippen molar-refractivity contribution >= 4 is 5.97 Å². The molecule has 0 bridgehead atoms. The van der Waals surface area contributed by atoms with Crippen LogP contribution in [-0.4, -0.2) is 37.7 Å². The minimum Gasteiger partial charge on any atom is -0.493 e. The fourth-order valence-electron chi connectivity index (χ4n) is 3.49. The van der Waals surface area contributed by atoms with Gasteiger partial charge in [-0.1, -0.05) is 42.5 Å². The molecule has 1 N–H and O–H groups in total. The molecule has 0 radical (unpaired) electrons. The van der Waals surface area contributed by atoms with Gasteiger partial charge in [0.2, 0.25) is 0 Å². The van der Waals surface area contributed by atoms with Crippen molar-refractivity contribution in [2.24, 2.45) is 0 Å². The van der Waals surface area contributed by atoms with E-state index in [1.807, 2.05) is 68.4 Å². The largest absolute Gasteiger partial charge is 0.493 e. The maximum atomic E-state index is 11.7. The topological polar surface area (TPSA) is 103 Å². The third-order valence-electron chi connectivity index (χ3n) is 4.97. The van der Waals surface area contributed by atoms with Crippen molar-refractivity contribution in [3.63, 3.8) is 0 Å². The van der Waals surface area contributed by atoms with Crippen LogP contribution in [0.1, 0.15) is 44.7 Å². The van der Waals surface area contributed by atoms with Crippen LogP contribution in [0.3, 0.4) is 0 Å². The van der Waals surface area contributed by atoms with E-state index in [-0.39, 0.29) is 5.69 Å². The molecule has 8 nitrogen and oxygen atoms in total. The summed E-state index contributed by atoms with van der Waals surface area (Å²) in [5, 5.41) is 18.2. The number of aromatic nitrogens is 4. The van der Waals surface area contributed by atoms with Gasteiger partial charge in [0, 0.05) is 19.8 Å². The molecule has 2 aromatic carbocycles. The summed E-state index contributed by atoms with van der Waals surface area (Å²) < 4.78 is 11.3. The molecule has 0 fully saturated rings. The van der Waals surface area contributed by atoms with Crippen molar-refractivity contribution in [1.29, 1.82) is 0 Å². The van der Waals surface area contributed by atoms with Crippen LogP contribution in [0.4, 0.5) is 0 Å². The molecule has 0 amide bonds. The Bertz CT molecular complexity index is 1210. The molecule has 0 saturated carbocycles. The summed E-state index contributed by atoms with van der Waals surface area (Å²) in [6, 6.07) is 17.2. The highest BCUT2D eigenvalue weighted by molar-refractivity contribution is 5.86. The maximum Gasteiger partial charge on any atom is 0.358 e. The Morgan fingerprint density at radius 3 is 2.53 bits per heavy atom. The molecule has 2 heterocycles. The van der Waals surface area contributed by atoms with Gasteiger partial charge in [-0.05, 0) is 30.2 Å². The molecule has 0 aliphatic heterocycles. The number of carboxylic acids is 1. The molecule has 0 atom stereocenters. The van der Waals surface area contributed by atoms with Crippen LogP contribution in [0.25, 0.3) is 0 Å². The van der Waals surface area contributed by atoms with Gasteiger partial charge in [0.1, 0.15) is 17.2 Å². The fraction of sp³-hybridized carbons (Fsp3) is 0.250. The molecule has 0 saturated heterocycles. The van der Waals surface area contributed by atoms with Crippen LogP contribution in [0, 0.1) is 13.8 Å². The number of ether oxygens (including phenoxy) is 1. The third-order valence-corrected chi connectivity index (χ3v) is 4.97. The summed E-state index contributed by atoms with van der Waals surface area (Å²) in [6.45, 7) is 4.58. The van der Waals surface area contributed by atoms with Crippen molar-refractivity contribution in [2.45, 2.75) is 33.2 Å². The Morgan fingerprint density at radius 1 is 1.03 bits per heavy atom. The standard InChI is InChI=1S/C24H24N4O4/c1-16-21(25-17(2)32-16)11-12-31-20-10-6-9-19(13-20)14-22-23(24(29)30)27-28(26-22)15-18-7-4-3-5-8-18/h3-10,13H,11-12,14-15H2,1-2H3,(H,29,30). The van der Waals surface area contributed by atoms with Gasteiger partial charge in [-0.2, -0.15) is 9.90 Å². The minimum absolute atomic E-state index is 0.0378. The second-order valence-corrected chi connectivity index (χ2v) is 7.47. The van der Waals surface area contributed by atoms with Crippen molar-refractivity contribution in [2.75, 3.05) is 6.61 Å². The highest BCUT2D eigenvalue weighted by Crippen LogP contribution is 2.18. The van der Waals surface area contributed by atoms with E-state index in [0.29, 0.717) is 43.3 Å². The SMILES string of the molecule is Cc1nc(CCOc2cccc(Cc3nn(Cc4ccccc4)nc3C(=O)O)c2)c(C)o1. The molecule has 2 aromatic heterocycles. The summed E-state index contributed by atoms with van der Waals surface area (Å²) in [7, 11) is 0. The van der Waals surface area contributed by atoms with E-state index in [4.69, 9.17) is 9.15 Å². The van der Waals surface area contributed by atoms with Crippen LogP contribution >= 0.6 is 0 Å². The van der Waals surface area contributed by atoms with Gasteiger partial charge in [0.05, 0.1) is 18.8 Å². The van der Waals surface area contributed by atoms with E-state index in [0.717, 1.165) is 22.6 Å². The average Bonchev–Trinajstić information content (AvgIpc) is 3.31. The quantitative estimate of drug-likeness (QED) is 0.428. The molecule has 0 unspecified atom stereocenters. The molecule has 0 aliphatic carbocycles. The smallest absolute Gasteiger partial charge is 0.358 e. The first-order valence-corrected chi connectivity index (χ1v) is 10.3. The van der Waals surface area contributed by atoms with Crippen molar-refractivity contribution in [3.05, 3.63) is 94.5 Å². The van der Waals surface area contributed by atoms with Crippen molar-refractivity contribution in [1.82, 2.24) is 20.0 Å². The summed E-state index contributed by atoms with van der Waals surface area (Å²) in [5.74, 6) is 1.06. The summed E-state index contributed by atoms with van der Waals surface area (Å²) >= 11 is 0. The lowest BCUT2D eigenvalue weighted by atomic mass is 10.1. The van der Waals surface area contributed by atoms with Gasteiger partial charge >= 0.3 is 5.97 Å². The number of nitrogens with zero attached hydrogens (tertiary/aromatic N) is 4. The van der Waals surface area contributed by atoms with E-state index in [1.165, 1.54) is 4.80 Å². The monoisotopic (exact) mass is 432 g/mol. The molecular weight excluding hydrogens is 408 g/mol.